The van der Waals surface area contributed by atoms with Crippen molar-refractivity contribution in [2.24, 2.45) is 0 Å². The molecule has 1 aromatic heterocycles. The fourth-order valence-corrected chi connectivity index (χ4v) is 7.57. The van der Waals surface area contributed by atoms with E-state index in [2.05, 4.69) is 10.3 Å². The minimum atomic E-state index is -4.20. The van der Waals surface area contributed by atoms with Crippen molar-refractivity contribution in [3.8, 4) is 11.1 Å². The normalized spacial score (nSPS) is 12.7. The topological polar surface area (TPSA) is 163 Å². The molecule has 0 aliphatic heterocycles. The van der Waals surface area contributed by atoms with Gasteiger partial charge in [-0.3, -0.25) is 14.6 Å². The average Bonchev–Trinajstić information content (AvgIpc) is 2.95. The lowest BCUT2D eigenvalue weighted by Gasteiger charge is -2.29. The van der Waals surface area contributed by atoms with E-state index in [9.17, 15) is 26.4 Å². The standard InChI is InChI=1S/C28H32Cl2N4O7S2/c1-19-17-31-12-11-23(19)22-7-3-6-21(16-22)20(2)34(43(40,41)25-9-4-8-24(29)28(25)30)14-5-10-26(35)32-13-15-42(38,39)33-18-27(36)37/h3-4,6-9,11-12,16-17,20,33H,5,10,13-15,18H2,1-2H3,(H,32,35)(H,36,37)/t20-/m0/s1. The quantitative estimate of drug-likeness (QED) is 0.218. The van der Waals surface area contributed by atoms with E-state index in [1.807, 2.05) is 42.0 Å². The molecule has 1 heterocycles. The van der Waals surface area contributed by atoms with E-state index in [0.717, 1.165) is 16.7 Å². The SMILES string of the molecule is Cc1cnccc1-c1cccc([C@H](C)N(CCCC(=O)NCCS(=O)(=O)NCC(=O)O)S(=O)(=O)c2cccc(Cl)c2Cl)c1. The number of aryl methyl sites for hydroxylation is 1. The summed E-state index contributed by atoms with van der Waals surface area (Å²) in [5, 5.41) is 11.0. The Bertz CT molecular complexity index is 1690. The summed E-state index contributed by atoms with van der Waals surface area (Å²) in [6.45, 7) is 2.61. The van der Waals surface area contributed by atoms with Crippen molar-refractivity contribution in [1.82, 2.24) is 19.3 Å². The molecule has 0 aliphatic carbocycles. The number of carboxylic acids is 1. The van der Waals surface area contributed by atoms with Gasteiger partial charge in [0.15, 0.2) is 0 Å². The number of carbonyl (C=O) groups is 2. The predicted octanol–water partition coefficient (Wildman–Crippen LogP) is 4.02. The second-order valence-corrected chi connectivity index (χ2v) is 14.2. The van der Waals surface area contributed by atoms with Crippen LogP contribution in [0, 0.1) is 6.92 Å². The Morgan fingerprint density at radius 1 is 1.07 bits per heavy atom. The van der Waals surface area contributed by atoms with Crippen LogP contribution in [0.1, 0.15) is 36.9 Å². The number of pyridine rings is 1. The summed E-state index contributed by atoms with van der Waals surface area (Å²) < 4.78 is 54.7. The Morgan fingerprint density at radius 2 is 1.79 bits per heavy atom. The maximum absolute atomic E-state index is 14.0. The number of hydrogen-bond acceptors (Lipinski definition) is 7. The van der Waals surface area contributed by atoms with Crippen LogP contribution in [0.3, 0.4) is 0 Å². The van der Waals surface area contributed by atoms with Crippen molar-refractivity contribution in [2.75, 3.05) is 25.4 Å². The van der Waals surface area contributed by atoms with Crippen LogP contribution in [0.4, 0.5) is 0 Å². The molecule has 0 aliphatic rings. The molecule has 1 amide bonds. The zero-order valence-electron chi connectivity index (χ0n) is 23.5. The number of nitrogens with zero attached hydrogens (tertiary/aromatic N) is 2. The van der Waals surface area contributed by atoms with E-state index in [1.165, 1.54) is 22.5 Å². The fourth-order valence-electron chi connectivity index (χ4n) is 4.31. The maximum atomic E-state index is 14.0. The molecule has 43 heavy (non-hydrogen) atoms. The van der Waals surface area contributed by atoms with Crippen LogP contribution in [-0.4, -0.2) is 68.5 Å². The van der Waals surface area contributed by atoms with Gasteiger partial charge in [0.25, 0.3) is 0 Å². The number of hydrogen-bond donors (Lipinski definition) is 3. The Labute approximate surface area is 261 Å². The van der Waals surface area contributed by atoms with Gasteiger partial charge >= 0.3 is 5.97 Å². The molecular formula is C28H32Cl2N4O7S2. The van der Waals surface area contributed by atoms with Crippen molar-refractivity contribution in [3.63, 3.8) is 0 Å². The van der Waals surface area contributed by atoms with Gasteiger partial charge in [0, 0.05) is 37.9 Å². The first-order chi connectivity index (χ1) is 20.2. The monoisotopic (exact) mass is 670 g/mol. The van der Waals surface area contributed by atoms with Crippen LogP contribution in [-0.2, 0) is 29.6 Å². The van der Waals surface area contributed by atoms with E-state index >= 15 is 0 Å². The Hall–Kier alpha value is -3.07. The number of aliphatic carboxylic acids is 1. The van der Waals surface area contributed by atoms with Gasteiger partial charge in [-0.05, 0) is 66.8 Å². The maximum Gasteiger partial charge on any atom is 0.318 e. The zero-order valence-corrected chi connectivity index (χ0v) is 26.6. The molecule has 0 saturated heterocycles. The number of aromatic nitrogens is 1. The Balaban J connectivity index is 1.80. The highest BCUT2D eigenvalue weighted by atomic mass is 35.5. The lowest BCUT2D eigenvalue weighted by molar-refractivity contribution is -0.135. The minimum absolute atomic E-state index is 0.0588. The largest absolute Gasteiger partial charge is 0.480 e. The van der Waals surface area contributed by atoms with Crippen molar-refractivity contribution >= 4 is 55.1 Å². The molecule has 0 fully saturated rings. The number of sulfonamides is 2. The molecule has 3 rings (SSSR count). The summed E-state index contributed by atoms with van der Waals surface area (Å²) in [6.07, 6.45) is 3.45. The average molecular weight is 672 g/mol. The van der Waals surface area contributed by atoms with Crippen LogP contribution >= 0.6 is 23.2 Å². The molecule has 0 saturated carbocycles. The number of rotatable bonds is 15. The van der Waals surface area contributed by atoms with Crippen LogP contribution in [0.2, 0.25) is 10.0 Å². The third kappa shape index (κ3) is 9.46. The van der Waals surface area contributed by atoms with E-state index in [1.54, 1.807) is 19.3 Å². The van der Waals surface area contributed by atoms with Gasteiger partial charge in [0.2, 0.25) is 26.0 Å². The van der Waals surface area contributed by atoms with E-state index in [4.69, 9.17) is 28.3 Å². The molecule has 11 nitrogen and oxygen atoms in total. The summed E-state index contributed by atoms with van der Waals surface area (Å²) in [6, 6.07) is 13.0. The van der Waals surface area contributed by atoms with Gasteiger partial charge in [0.05, 0.1) is 15.8 Å². The minimum Gasteiger partial charge on any atom is -0.480 e. The van der Waals surface area contributed by atoms with Crippen LogP contribution in [0.5, 0.6) is 0 Å². The van der Waals surface area contributed by atoms with Gasteiger partial charge < -0.3 is 10.4 Å². The second-order valence-electron chi connectivity index (χ2n) is 9.65. The number of carboxylic acid groups (broad SMARTS) is 1. The third-order valence-corrected chi connectivity index (χ3v) is 10.8. The Morgan fingerprint density at radius 3 is 2.49 bits per heavy atom. The molecule has 2 aromatic carbocycles. The molecule has 0 radical (unpaired) electrons. The number of carbonyl (C=O) groups excluding carboxylic acids is 1. The van der Waals surface area contributed by atoms with E-state index in [-0.39, 0.29) is 40.9 Å². The van der Waals surface area contributed by atoms with Crippen molar-refractivity contribution in [2.45, 2.75) is 37.6 Å². The first-order valence-electron chi connectivity index (χ1n) is 13.2. The van der Waals surface area contributed by atoms with Crippen molar-refractivity contribution in [3.05, 3.63) is 82.1 Å². The van der Waals surface area contributed by atoms with Gasteiger partial charge in [-0.2, -0.15) is 4.31 Å². The smallest absolute Gasteiger partial charge is 0.318 e. The summed E-state index contributed by atoms with van der Waals surface area (Å²) in [4.78, 5) is 27.0. The van der Waals surface area contributed by atoms with Gasteiger partial charge in [-0.15, -0.1) is 0 Å². The molecule has 3 N–H and O–H groups in total. The van der Waals surface area contributed by atoms with Crippen LogP contribution in [0.25, 0.3) is 11.1 Å². The fraction of sp³-hybridized carbons (Fsp3) is 0.321. The Kier molecular flexibility index (Phi) is 12.1. The number of halogens is 2. The molecule has 15 heteroatoms. The van der Waals surface area contributed by atoms with Gasteiger partial charge in [-0.25, -0.2) is 21.6 Å². The second kappa shape index (κ2) is 15.1. The predicted molar refractivity (Wildman–Crippen MR) is 165 cm³/mol. The molecule has 0 spiro atoms. The lowest BCUT2D eigenvalue weighted by Crippen LogP contribution is -2.37. The highest BCUT2D eigenvalue weighted by molar-refractivity contribution is 7.89. The lowest BCUT2D eigenvalue weighted by atomic mass is 9.98. The molecule has 0 unspecified atom stereocenters. The zero-order chi connectivity index (χ0) is 31.8. The molecular weight excluding hydrogens is 639 g/mol. The highest BCUT2D eigenvalue weighted by Crippen LogP contribution is 2.35. The van der Waals surface area contributed by atoms with Gasteiger partial charge in [-0.1, -0.05) is 47.5 Å². The van der Waals surface area contributed by atoms with Crippen molar-refractivity contribution < 1.29 is 31.5 Å². The van der Waals surface area contributed by atoms with Gasteiger partial charge in [0.1, 0.15) is 11.4 Å². The number of benzene rings is 2. The van der Waals surface area contributed by atoms with Crippen LogP contribution in [0.15, 0.2) is 65.8 Å². The molecule has 3 aromatic rings. The molecule has 1 atom stereocenters. The first-order valence-corrected chi connectivity index (χ1v) is 17.0. The summed E-state index contributed by atoms with van der Waals surface area (Å²) in [7, 11) is -8.09. The van der Waals surface area contributed by atoms with E-state index < -0.39 is 50.3 Å². The number of amides is 1. The third-order valence-electron chi connectivity index (χ3n) is 6.55. The van der Waals surface area contributed by atoms with Crippen LogP contribution < -0.4 is 10.0 Å². The van der Waals surface area contributed by atoms with E-state index in [0.29, 0.717) is 5.56 Å². The summed E-state index contributed by atoms with van der Waals surface area (Å²) >= 11 is 12.5. The molecule has 0 bridgehead atoms. The number of nitrogens with one attached hydrogen (secondary N) is 2. The highest BCUT2D eigenvalue weighted by Gasteiger charge is 2.32. The summed E-state index contributed by atoms with van der Waals surface area (Å²) in [5.74, 6) is -2.33. The van der Waals surface area contributed by atoms with Crippen molar-refractivity contribution in [1.29, 1.82) is 0 Å². The summed E-state index contributed by atoms with van der Waals surface area (Å²) in [5.41, 5.74) is 3.50. The first kappa shape index (κ1) is 34.4. The molecule has 232 valence electrons.